The number of furan rings is 1. The SMILES string of the molecule is O=C(NO)C1CC2(CC2)CNC1C(=O)N1CCC(c2cccc3c2oc2ccccc23)CC1. The van der Waals surface area contributed by atoms with Crippen molar-refractivity contribution in [3.63, 3.8) is 0 Å². The van der Waals surface area contributed by atoms with Crippen LogP contribution >= 0.6 is 0 Å². The number of rotatable bonds is 3. The van der Waals surface area contributed by atoms with Gasteiger partial charge in [-0.25, -0.2) is 5.48 Å². The molecule has 1 spiro atoms. The van der Waals surface area contributed by atoms with Gasteiger partial charge in [-0.1, -0.05) is 36.4 Å². The fourth-order valence-corrected chi connectivity index (χ4v) is 5.97. The van der Waals surface area contributed by atoms with Crippen molar-refractivity contribution in [1.29, 1.82) is 0 Å². The second kappa shape index (κ2) is 7.85. The summed E-state index contributed by atoms with van der Waals surface area (Å²) in [5.41, 5.74) is 4.98. The summed E-state index contributed by atoms with van der Waals surface area (Å²) in [5, 5.41) is 14.8. The van der Waals surface area contributed by atoms with Crippen LogP contribution in [0.1, 0.15) is 43.6 Å². The summed E-state index contributed by atoms with van der Waals surface area (Å²) in [4.78, 5) is 27.6. The third-order valence-electron chi connectivity index (χ3n) is 8.10. The lowest BCUT2D eigenvalue weighted by Gasteiger charge is -2.40. The number of nitrogens with zero attached hydrogens (tertiary/aromatic N) is 1. The number of amides is 2. The van der Waals surface area contributed by atoms with E-state index in [0.717, 1.165) is 54.2 Å². The van der Waals surface area contributed by atoms with Gasteiger partial charge in [-0.2, -0.15) is 0 Å². The highest BCUT2D eigenvalue weighted by Gasteiger charge is 2.52. The molecule has 172 valence electrons. The molecule has 0 radical (unpaired) electrons. The molecule has 33 heavy (non-hydrogen) atoms. The first-order valence-electron chi connectivity index (χ1n) is 11.9. The number of carbonyl (C=O) groups excluding carboxylic acids is 2. The van der Waals surface area contributed by atoms with Crippen LogP contribution in [-0.2, 0) is 9.59 Å². The molecule has 1 saturated carbocycles. The van der Waals surface area contributed by atoms with Crippen molar-refractivity contribution >= 4 is 33.8 Å². The molecule has 3 N–H and O–H groups in total. The summed E-state index contributed by atoms with van der Waals surface area (Å²) in [7, 11) is 0. The zero-order chi connectivity index (χ0) is 22.6. The van der Waals surface area contributed by atoms with Gasteiger partial charge in [0.25, 0.3) is 0 Å². The van der Waals surface area contributed by atoms with Crippen molar-refractivity contribution in [3.8, 4) is 0 Å². The molecule has 0 bridgehead atoms. The molecule has 6 rings (SSSR count). The fourth-order valence-electron chi connectivity index (χ4n) is 5.97. The number of benzene rings is 2. The largest absolute Gasteiger partial charge is 0.456 e. The van der Waals surface area contributed by atoms with Gasteiger partial charge in [0.15, 0.2) is 0 Å². The first-order valence-corrected chi connectivity index (χ1v) is 11.9. The lowest BCUT2D eigenvalue weighted by atomic mass is 9.81. The van der Waals surface area contributed by atoms with Crippen LogP contribution in [0.4, 0.5) is 0 Å². The molecule has 2 aliphatic heterocycles. The van der Waals surface area contributed by atoms with Crippen LogP contribution < -0.4 is 10.8 Å². The molecule has 1 aliphatic carbocycles. The lowest BCUT2D eigenvalue weighted by Crippen LogP contribution is -2.59. The van der Waals surface area contributed by atoms with Crippen molar-refractivity contribution in [2.24, 2.45) is 11.3 Å². The molecule has 2 amide bonds. The van der Waals surface area contributed by atoms with Gasteiger partial charge in [0.2, 0.25) is 11.8 Å². The summed E-state index contributed by atoms with van der Waals surface area (Å²) in [6.45, 7) is 2.07. The maximum absolute atomic E-state index is 13.4. The third-order valence-corrected chi connectivity index (χ3v) is 8.10. The fraction of sp³-hybridized carbons (Fsp3) is 0.462. The normalized spacial score (nSPS) is 24.9. The smallest absolute Gasteiger partial charge is 0.248 e. The Morgan fingerprint density at radius 3 is 2.58 bits per heavy atom. The number of nitrogens with one attached hydrogen (secondary N) is 2. The molecule has 2 atom stereocenters. The maximum Gasteiger partial charge on any atom is 0.248 e. The number of hydroxylamine groups is 1. The highest BCUT2D eigenvalue weighted by Crippen LogP contribution is 2.52. The van der Waals surface area contributed by atoms with E-state index >= 15 is 0 Å². The Balaban J connectivity index is 1.18. The molecule has 1 aromatic heterocycles. The minimum atomic E-state index is -0.571. The topological polar surface area (TPSA) is 94.8 Å². The van der Waals surface area contributed by atoms with E-state index in [2.05, 4.69) is 29.6 Å². The van der Waals surface area contributed by atoms with Crippen LogP contribution in [0, 0.1) is 11.3 Å². The average Bonchev–Trinajstić information content (AvgIpc) is 3.50. The number of piperidine rings is 2. The lowest BCUT2D eigenvalue weighted by molar-refractivity contribution is -0.145. The Morgan fingerprint density at radius 2 is 1.82 bits per heavy atom. The first-order chi connectivity index (χ1) is 16.1. The van der Waals surface area contributed by atoms with E-state index in [0.29, 0.717) is 25.4 Å². The van der Waals surface area contributed by atoms with E-state index in [1.807, 2.05) is 23.1 Å². The third kappa shape index (κ3) is 3.50. The number of hydrogen-bond donors (Lipinski definition) is 3. The molecule has 2 unspecified atom stereocenters. The number of hydrogen-bond acceptors (Lipinski definition) is 5. The van der Waals surface area contributed by atoms with E-state index in [-0.39, 0.29) is 11.3 Å². The summed E-state index contributed by atoms with van der Waals surface area (Å²) in [6, 6.07) is 13.9. The molecule has 3 heterocycles. The Labute approximate surface area is 192 Å². The maximum atomic E-state index is 13.4. The highest BCUT2D eigenvalue weighted by molar-refractivity contribution is 6.05. The van der Waals surface area contributed by atoms with Crippen LogP contribution in [0.5, 0.6) is 0 Å². The number of para-hydroxylation sites is 2. The van der Waals surface area contributed by atoms with E-state index in [1.165, 1.54) is 5.56 Å². The molecule has 7 nitrogen and oxygen atoms in total. The predicted octanol–water partition coefficient (Wildman–Crippen LogP) is 3.56. The van der Waals surface area contributed by atoms with E-state index in [4.69, 9.17) is 4.42 Å². The Kier molecular flexibility index (Phi) is 4.92. The van der Waals surface area contributed by atoms with Gasteiger partial charge in [0.1, 0.15) is 11.2 Å². The van der Waals surface area contributed by atoms with Crippen molar-refractivity contribution < 1.29 is 19.2 Å². The van der Waals surface area contributed by atoms with E-state index < -0.39 is 17.9 Å². The van der Waals surface area contributed by atoms with Crippen LogP contribution in [0.3, 0.4) is 0 Å². The van der Waals surface area contributed by atoms with Crippen molar-refractivity contribution in [2.75, 3.05) is 19.6 Å². The zero-order valence-electron chi connectivity index (χ0n) is 18.5. The van der Waals surface area contributed by atoms with Crippen molar-refractivity contribution in [2.45, 2.75) is 44.1 Å². The van der Waals surface area contributed by atoms with Crippen LogP contribution in [0.25, 0.3) is 21.9 Å². The minimum Gasteiger partial charge on any atom is -0.456 e. The number of fused-ring (bicyclic) bond motifs is 3. The van der Waals surface area contributed by atoms with E-state index in [9.17, 15) is 14.8 Å². The van der Waals surface area contributed by atoms with E-state index in [1.54, 1.807) is 5.48 Å². The van der Waals surface area contributed by atoms with Gasteiger partial charge in [-0.3, -0.25) is 14.8 Å². The summed E-state index contributed by atoms with van der Waals surface area (Å²) < 4.78 is 6.23. The van der Waals surface area contributed by atoms with Gasteiger partial charge in [-0.15, -0.1) is 0 Å². The van der Waals surface area contributed by atoms with Gasteiger partial charge in [0.05, 0.1) is 12.0 Å². The quantitative estimate of drug-likeness (QED) is 0.422. The van der Waals surface area contributed by atoms with Crippen LogP contribution in [0.2, 0.25) is 0 Å². The molecular formula is C26H29N3O4. The molecule has 3 aromatic rings. The Bertz CT molecular complexity index is 1220. The first kappa shape index (κ1) is 20.7. The van der Waals surface area contributed by atoms with Gasteiger partial charge < -0.3 is 14.6 Å². The Morgan fingerprint density at radius 1 is 1.06 bits per heavy atom. The average molecular weight is 448 g/mol. The van der Waals surface area contributed by atoms with Crippen molar-refractivity contribution in [3.05, 3.63) is 48.0 Å². The zero-order valence-corrected chi connectivity index (χ0v) is 18.5. The predicted molar refractivity (Wildman–Crippen MR) is 124 cm³/mol. The summed E-state index contributed by atoms with van der Waals surface area (Å²) >= 11 is 0. The van der Waals surface area contributed by atoms with Gasteiger partial charge >= 0.3 is 0 Å². The minimum absolute atomic E-state index is 0.0282. The number of carbonyl (C=O) groups is 2. The second-order valence-corrected chi connectivity index (χ2v) is 10.1. The molecular weight excluding hydrogens is 418 g/mol. The van der Waals surface area contributed by atoms with Gasteiger partial charge in [-0.05, 0) is 55.1 Å². The molecule has 3 fully saturated rings. The molecule has 2 aromatic carbocycles. The standard InChI is InChI=1S/C26H29N3O4/c30-24(28-32)20-14-26(10-11-26)15-27-22(20)25(31)29-12-8-16(9-13-29)17-5-3-6-19-18-4-1-2-7-21(18)33-23(17)19/h1-7,16,20,22,27,32H,8-15H2,(H,28,30). The number of likely N-dealkylation sites (tertiary alicyclic amines) is 1. The van der Waals surface area contributed by atoms with Crippen LogP contribution in [0.15, 0.2) is 46.9 Å². The molecule has 2 saturated heterocycles. The van der Waals surface area contributed by atoms with Crippen molar-refractivity contribution in [1.82, 2.24) is 15.7 Å². The Hall–Kier alpha value is -2.90. The van der Waals surface area contributed by atoms with Gasteiger partial charge in [0, 0.05) is 30.4 Å². The molecule has 3 aliphatic rings. The second-order valence-electron chi connectivity index (χ2n) is 10.1. The van der Waals surface area contributed by atoms with Crippen LogP contribution in [-0.4, -0.2) is 47.6 Å². The monoisotopic (exact) mass is 447 g/mol. The summed E-state index contributed by atoms with van der Waals surface area (Å²) in [5.74, 6) is -0.692. The molecule has 7 heteroatoms. The highest BCUT2D eigenvalue weighted by atomic mass is 16.5. The summed E-state index contributed by atoms with van der Waals surface area (Å²) in [6.07, 6.45) is 4.53.